The van der Waals surface area contributed by atoms with Crippen molar-refractivity contribution < 1.29 is 9.59 Å². The third-order valence-electron chi connectivity index (χ3n) is 10.0. The van der Waals surface area contributed by atoms with Crippen LogP contribution in [-0.2, 0) is 6.42 Å². The Labute approximate surface area is 325 Å². The summed E-state index contributed by atoms with van der Waals surface area (Å²) in [5.41, 5.74) is 3.75. The van der Waals surface area contributed by atoms with Gasteiger partial charge in [-0.1, -0.05) is 155 Å². The molecular weight excluding hydrogens is 657 g/mol. The highest BCUT2D eigenvalue weighted by Crippen LogP contribution is 2.18. The van der Waals surface area contributed by atoms with Crippen LogP contribution in [0.4, 0.5) is 21.0 Å². The summed E-state index contributed by atoms with van der Waals surface area (Å²) in [4.78, 5) is 30.7. The zero-order chi connectivity index (χ0) is 38.2. The maximum Gasteiger partial charge on any atom is 0.320 e. The molecule has 53 heavy (non-hydrogen) atoms. The summed E-state index contributed by atoms with van der Waals surface area (Å²) >= 11 is 0. The summed E-state index contributed by atoms with van der Waals surface area (Å²) in [6.45, 7) is 14.2. The number of nitrogens with zero attached hydrogens (tertiary/aromatic N) is 2. The van der Waals surface area contributed by atoms with Crippen LogP contribution >= 0.6 is 0 Å². The van der Waals surface area contributed by atoms with Crippen molar-refractivity contribution in [3.63, 3.8) is 0 Å². The van der Waals surface area contributed by atoms with E-state index in [2.05, 4.69) is 70.9 Å². The lowest BCUT2D eigenvalue weighted by molar-refractivity contribution is 0.223. The summed E-state index contributed by atoms with van der Waals surface area (Å²) in [5.74, 6) is 0. The first-order valence-corrected chi connectivity index (χ1v) is 21.7. The summed E-state index contributed by atoms with van der Waals surface area (Å²) in [6, 6.07) is 15.7. The van der Waals surface area contributed by atoms with E-state index in [1.54, 1.807) is 0 Å². The molecule has 0 aromatic heterocycles. The van der Waals surface area contributed by atoms with Gasteiger partial charge in [0.05, 0.1) is 13.3 Å². The third-order valence-corrected chi connectivity index (χ3v) is 10.0. The smallest absolute Gasteiger partial charge is 0.320 e. The molecule has 0 aliphatic heterocycles. The van der Waals surface area contributed by atoms with Gasteiger partial charge in [0.25, 0.3) is 0 Å². The Balaban J connectivity index is 1.85. The standard InChI is InChI=1S/C45H78N6O2/c1-5-9-13-17-19-23-33-50(31-21-15-11-7-3)38-46-44(52)48-42-29-25-27-40(36-42)35-41-28-26-30-43(37-41)49-45(53)47-39-51(32-22-16-12-8-4)34-24-20-18-14-10-6-2/h25-30,36-37H,5-24,31-35,38-39H2,1-4H3,(H2,46,48,52)(H2,47,49,53). The highest BCUT2D eigenvalue weighted by atomic mass is 16.2. The molecule has 8 nitrogen and oxygen atoms in total. The van der Waals surface area contributed by atoms with E-state index in [0.29, 0.717) is 19.8 Å². The third kappa shape index (κ3) is 24.0. The van der Waals surface area contributed by atoms with Crippen LogP contribution in [-0.4, -0.2) is 61.4 Å². The maximum atomic E-state index is 12.9. The van der Waals surface area contributed by atoms with E-state index in [9.17, 15) is 9.59 Å². The zero-order valence-electron chi connectivity index (χ0n) is 34.4. The Morgan fingerprint density at radius 3 is 1.13 bits per heavy atom. The molecule has 0 spiro atoms. The van der Waals surface area contributed by atoms with Crippen molar-refractivity contribution in [2.45, 2.75) is 163 Å². The van der Waals surface area contributed by atoms with Gasteiger partial charge in [-0.25, -0.2) is 9.59 Å². The van der Waals surface area contributed by atoms with E-state index >= 15 is 0 Å². The fourth-order valence-electron chi connectivity index (χ4n) is 6.77. The summed E-state index contributed by atoms with van der Waals surface area (Å²) in [6.07, 6.45) is 25.8. The minimum atomic E-state index is -0.174. The molecule has 4 N–H and O–H groups in total. The van der Waals surface area contributed by atoms with Gasteiger partial charge in [0, 0.05) is 11.4 Å². The van der Waals surface area contributed by atoms with Crippen LogP contribution in [0, 0.1) is 0 Å². The monoisotopic (exact) mass is 735 g/mol. The highest BCUT2D eigenvalue weighted by molar-refractivity contribution is 5.89. The Bertz CT molecular complexity index is 1120. The molecule has 0 saturated heterocycles. The van der Waals surface area contributed by atoms with Crippen LogP contribution in [0.1, 0.15) is 167 Å². The number of carbonyl (C=O) groups excluding carboxylic acids is 2. The van der Waals surface area contributed by atoms with E-state index in [1.165, 1.54) is 128 Å². The second-order valence-electron chi connectivity index (χ2n) is 15.0. The zero-order valence-corrected chi connectivity index (χ0v) is 34.4. The quantitative estimate of drug-likeness (QED) is 0.0445. The van der Waals surface area contributed by atoms with E-state index in [-0.39, 0.29) is 12.1 Å². The number of amides is 4. The van der Waals surface area contributed by atoms with E-state index < -0.39 is 0 Å². The van der Waals surface area contributed by atoms with Gasteiger partial charge in [0.15, 0.2) is 0 Å². The Morgan fingerprint density at radius 1 is 0.453 bits per heavy atom. The predicted molar refractivity (Wildman–Crippen MR) is 228 cm³/mol. The van der Waals surface area contributed by atoms with Gasteiger partial charge in [-0.15, -0.1) is 0 Å². The molecule has 0 bridgehead atoms. The number of hydrogen-bond acceptors (Lipinski definition) is 4. The highest BCUT2D eigenvalue weighted by Gasteiger charge is 2.10. The average molecular weight is 735 g/mol. The van der Waals surface area contributed by atoms with Crippen LogP contribution in [0.3, 0.4) is 0 Å². The van der Waals surface area contributed by atoms with Crippen molar-refractivity contribution in [3.05, 3.63) is 59.7 Å². The number of carbonyl (C=O) groups is 2. The number of anilines is 2. The maximum absolute atomic E-state index is 12.9. The lowest BCUT2D eigenvalue weighted by Gasteiger charge is -2.23. The first-order chi connectivity index (χ1) is 26.0. The van der Waals surface area contributed by atoms with Crippen molar-refractivity contribution in [1.82, 2.24) is 20.4 Å². The number of benzene rings is 2. The Hall–Kier alpha value is -3.10. The van der Waals surface area contributed by atoms with Crippen LogP contribution in [0.5, 0.6) is 0 Å². The molecule has 300 valence electrons. The predicted octanol–water partition coefficient (Wildman–Crippen LogP) is 11.9. The number of urea groups is 2. The molecular formula is C45H78N6O2. The molecule has 0 saturated carbocycles. The van der Waals surface area contributed by atoms with Gasteiger partial charge < -0.3 is 21.3 Å². The topological polar surface area (TPSA) is 88.7 Å². The van der Waals surface area contributed by atoms with Gasteiger partial charge in [0.1, 0.15) is 0 Å². The molecule has 0 aliphatic carbocycles. The van der Waals surface area contributed by atoms with E-state index in [4.69, 9.17) is 0 Å². The van der Waals surface area contributed by atoms with Crippen LogP contribution in [0.15, 0.2) is 48.5 Å². The number of unbranched alkanes of at least 4 members (excludes halogenated alkanes) is 16. The lowest BCUT2D eigenvalue weighted by atomic mass is 10.0. The van der Waals surface area contributed by atoms with Crippen molar-refractivity contribution in [1.29, 1.82) is 0 Å². The first-order valence-electron chi connectivity index (χ1n) is 21.7. The largest absolute Gasteiger partial charge is 0.325 e. The molecule has 0 unspecified atom stereocenters. The summed E-state index contributed by atoms with van der Waals surface area (Å²) in [7, 11) is 0. The average Bonchev–Trinajstić information content (AvgIpc) is 3.15. The van der Waals surface area contributed by atoms with Crippen LogP contribution in [0.25, 0.3) is 0 Å². The normalized spacial score (nSPS) is 11.3. The van der Waals surface area contributed by atoms with Crippen molar-refractivity contribution in [2.24, 2.45) is 0 Å². The van der Waals surface area contributed by atoms with E-state index in [0.717, 1.165) is 48.7 Å². The minimum Gasteiger partial charge on any atom is -0.325 e. The molecule has 2 aromatic rings. The fourth-order valence-corrected chi connectivity index (χ4v) is 6.77. The number of rotatable bonds is 32. The van der Waals surface area contributed by atoms with E-state index in [1.807, 2.05) is 36.4 Å². The van der Waals surface area contributed by atoms with Gasteiger partial charge in [-0.3, -0.25) is 9.80 Å². The number of nitrogens with one attached hydrogen (secondary N) is 4. The molecule has 2 rings (SSSR count). The minimum absolute atomic E-state index is 0.174. The lowest BCUT2D eigenvalue weighted by Crippen LogP contribution is -2.40. The van der Waals surface area contributed by atoms with Gasteiger partial charge >= 0.3 is 12.1 Å². The molecule has 0 fully saturated rings. The second-order valence-corrected chi connectivity index (χ2v) is 15.0. The summed E-state index contributed by atoms with van der Waals surface area (Å²) < 4.78 is 0. The van der Waals surface area contributed by atoms with Crippen LogP contribution in [0.2, 0.25) is 0 Å². The molecule has 0 radical (unpaired) electrons. The molecule has 0 atom stereocenters. The van der Waals surface area contributed by atoms with Crippen LogP contribution < -0.4 is 21.3 Å². The molecule has 4 amide bonds. The molecule has 8 heteroatoms. The fraction of sp³-hybridized carbons (Fsp3) is 0.689. The van der Waals surface area contributed by atoms with Gasteiger partial charge in [-0.2, -0.15) is 0 Å². The molecule has 2 aromatic carbocycles. The van der Waals surface area contributed by atoms with Crippen molar-refractivity contribution >= 4 is 23.4 Å². The number of hydrogen-bond donors (Lipinski definition) is 4. The SMILES string of the molecule is CCCCCCCCN(CCCCCC)CNC(=O)Nc1cccc(Cc2cccc(NC(=O)NCN(CCCCCC)CCCCCCCC)c2)c1. The Morgan fingerprint density at radius 2 is 0.774 bits per heavy atom. The molecule has 0 aliphatic rings. The van der Waals surface area contributed by atoms with Gasteiger partial charge in [-0.05, 0) is 93.7 Å². The summed E-state index contributed by atoms with van der Waals surface area (Å²) in [5, 5.41) is 12.3. The first kappa shape index (κ1) is 46.1. The van der Waals surface area contributed by atoms with Gasteiger partial charge in [0.2, 0.25) is 0 Å². The second kappa shape index (κ2) is 31.3. The molecule has 0 heterocycles. The van der Waals surface area contributed by atoms with Crippen molar-refractivity contribution in [3.8, 4) is 0 Å². The van der Waals surface area contributed by atoms with Crippen molar-refractivity contribution in [2.75, 3.05) is 50.1 Å². The Kier molecular flexibility index (Phi) is 27.2.